The van der Waals surface area contributed by atoms with Crippen LogP contribution in [-0.4, -0.2) is 45.1 Å². The van der Waals surface area contributed by atoms with Crippen LogP contribution < -0.4 is 4.90 Å². The molecule has 3 heterocycles. The summed E-state index contributed by atoms with van der Waals surface area (Å²) in [6.45, 7) is 4.70. The van der Waals surface area contributed by atoms with Gasteiger partial charge in [-0.15, -0.1) is 0 Å². The van der Waals surface area contributed by atoms with E-state index >= 15 is 4.39 Å². The Morgan fingerprint density at radius 2 is 2.04 bits per heavy atom. The Morgan fingerprint density at radius 1 is 1.31 bits per heavy atom. The van der Waals surface area contributed by atoms with Crippen LogP contribution in [0.1, 0.15) is 19.4 Å². The minimum absolute atomic E-state index is 0.0294. The van der Waals surface area contributed by atoms with Crippen LogP contribution in [0.4, 0.5) is 10.1 Å². The molecule has 3 aromatic rings. The number of hydrogen-bond donors (Lipinski definition) is 1. The van der Waals surface area contributed by atoms with Gasteiger partial charge in [-0.1, -0.05) is 5.16 Å². The Morgan fingerprint density at radius 3 is 2.65 bits per heavy atom. The number of imidazole rings is 1. The lowest BCUT2D eigenvalue weighted by atomic mass is 10.1. The fourth-order valence-electron chi connectivity index (χ4n) is 3.66. The number of fused-ring (bicyclic) bond motifs is 1. The molecule has 8 heteroatoms. The molecule has 0 saturated carbocycles. The molecule has 0 spiro atoms. The van der Waals surface area contributed by atoms with E-state index in [1.54, 1.807) is 23.0 Å². The summed E-state index contributed by atoms with van der Waals surface area (Å²) in [6, 6.07) is 1.74. The highest BCUT2D eigenvalue weighted by Gasteiger charge is 2.29. The highest BCUT2D eigenvalue weighted by atomic mass is 19.1. The monoisotopic (exact) mass is 360 g/mol. The minimum Gasteiger partial charge on any atom is -0.392 e. The zero-order valence-electron chi connectivity index (χ0n) is 14.9. The second-order valence-electron chi connectivity index (χ2n) is 6.79. The smallest absolute Gasteiger partial charge is 0.205 e. The van der Waals surface area contributed by atoms with E-state index in [2.05, 4.69) is 10.1 Å². The molecule has 2 aromatic heterocycles. The lowest BCUT2D eigenvalue weighted by Gasteiger charge is -2.37. The molecule has 26 heavy (non-hydrogen) atoms. The molecule has 1 aliphatic rings. The van der Waals surface area contributed by atoms with Crippen LogP contribution in [0.5, 0.6) is 0 Å². The maximum absolute atomic E-state index is 15.4. The van der Waals surface area contributed by atoms with E-state index in [0.717, 1.165) is 0 Å². The first kappa shape index (κ1) is 17.0. The van der Waals surface area contributed by atoms with Gasteiger partial charge in [0.05, 0.1) is 29.9 Å². The van der Waals surface area contributed by atoms with Crippen molar-refractivity contribution in [3.8, 4) is 11.5 Å². The van der Waals surface area contributed by atoms with Crippen LogP contribution >= 0.6 is 0 Å². The predicted molar refractivity (Wildman–Crippen MR) is 94.3 cm³/mol. The molecule has 138 valence electrons. The fourth-order valence-corrected chi connectivity index (χ4v) is 3.66. The number of aliphatic hydroxyl groups excluding tert-OH is 1. The standard InChI is InChI=1S/C18H21FN4O3/c1-10-7-23(8-11(2)25-10)16-12(9-24)6-13-15(18-20-4-5-22(18)3)21-26-17(13)14(16)19/h4-6,10-11,24H,7-9H2,1-3H3. The Labute approximate surface area is 150 Å². The van der Waals surface area contributed by atoms with E-state index < -0.39 is 5.82 Å². The largest absolute Gasteiger partial charge is 0.392 e. The molecule has 0 amide bonds. The van der Waals surface area contributed by atoms with Crippen molar-refractivity contribution in [2.24, 2.45) is 7.05 Å². The maximum Gasteiger partial charge on any atom is 0.205 e. The zero-order chi connectivity index (χ0) is 18.4. The predicted octanol–water partition coefficient (Wildman–Crippen LogP) is 2.47. The highest BCUT2D eigenvalue weighted by Crippen LogP contribution is 2.37. The molecule has 0 bridgehead atoms. The van der Waals surface area contributed by atoms with Crippen molar-refractivity contribution in [1.29, 1.82) is 0 Å². The Kier molecular flexibility index (Phi) is 4.16. The first-order valence-electron chi connectivity index (χ1n) is 8.59. The van der Waals surface area contributed by atoms with Gasteiger partial charge in [-0.25, -0.2) is 9.37 Å². The van der Waals surface area contributed by atoms with Crippen LogP contribution in [0.3, 0.4) is 0 Å². The van der Waals surface area contributed by atoms with Crippen LogP contribution in [0.2, 0.25) is 0 Å². The maximum atomic E-state index is 15.4. The molecule has 1 saturated heterocycles. The van der Waals surface area contributed by atoms with Crippen LogP contribution in [0, 0.1) is 5.82 Å². The third-order valence-electron chi connectivity index (χ3n) is 4.70. The minimum atomic E-state index is -0.513. The Hall–Kier alpha value is -2.45. The molecule has 1 N–H and O–H groups in total. The summed E-state index contributed by atoms with van der Waals surface area (Å²) >= 11 is 0. The van der Waals surface area contributed by atoms with Crippen molar-refractivity contribution >= 4 is 16.7 Å². The molecule has 1 fully saturated rings. The van der Waals surface area contributed by atoms with E-state index in [-0.39, 0.29) is 24.4 Å². The fraction of sp³-hybridized carbons (Fsp3) is 0.444. The summed E-state index contributed by atoms with van der Waals surface area (Å²) in [5.41, 5.74) is 1.37. The van der Waals surface area contributed by atoms with E-state index in [0.29, 0.717) is 41.2 Å². The van der Waals surface area contributed by atoms with E-state index in [1.807, 2.05) is 25.8 Å². The van der Waals surface area contributed by atoms with Crippen molar-refractivity contribution in [2.45, 2.75) is 32.7 Å². The SMILES string of the molecule is CC1CN(c2c(CO)cc3c(-c4nccn4C)noc3c2F)CC(C)O1. The molecule has 7 nitrogen and oxygen atoms in total. The van der Waals surface area contributed by atoms with Gasteiger partial charge in [0.25, 0.3) is 0 Å². The third kappa shape index (κ3) is 2.65. The van der Waals surface area contributed by atoms with Crippen molar-refractivity contribution in [3.05, 3.63) is 29.8 Å². The summed E-state index contributed by atoms with van der Waals surface area (Å²) in [6.07, 6.45) is 3.37. The first-order valence-corrected chi connectivity index (χ1v) is 8.59. The molecule has 0 aliphatic carbocycles. The first-order chi connectivity index (χ1) is 12.5. The normalized spacial score (nSPS) is 20.9. The summed E-state index contributed by atoms with van der Waals surface area (Å²) in [5, 5.41) is 14.4. The lowest BCUT2D eigenvalue weighted by molar-refractivity contribution is -0.00549. The van der Waals surface area contributed by atoms with Gasteiger partial charge < -0.3 is 23.8 Å². The van der Waals surface area contributed by atoms with Crippen molar-refractivity contribution in [2.75, 3.05) is 18.0 Å². The topological polar surface area (TPSA) is 76.5 Å². The van der Waals surface area contributed by atoms with E-state index in [9.17, 15) is 5.11 Å². The molecule has 2 unspecified atom stereocenters. The second kappa shape index (κ2) is 6.37. The average Bonchev–Trinajstić information content (AvgIpc) is 3.19. The number of hydrogen-bond acceptors (Lipinski definition) is 6. The van der Waals surface area contributed by atoms with Gasteiger partial charge >= 0.3 is 0 Å². The van der Waals surface area contributed by atoms with Crippen molar-refractivity contribution < 1.29 is 18.8 Å². The molecule has 4 rings (SSSR count). The number of anilines is 1. The molecular weight excluding hydrogens is 339 g/mol. The highest BCUT2D eigenvalue weighted by molar-refractivity contribution is 5.93. The Balaban J connectivity index is 1.88. The van der Waals surface area contributed by atoms with Crippen molar-refractivity contribution in [1.82, 2.24) is 14.7 Å². The molecule has 1 aliphatic heterocycles. The van der Waals surface area contributed by atoms with Crippen molar-refractivity contribution in [3.63, 3.8) is 0 Å². The van der Waals surface area contributed by atoms with Crippen LogP contribution in [-0.2, 0) is 18.4 Å². The number of ether oxygens (including phenoxy) is 1. The molecule has 2 atom stereocenters. The van der Waals surface area contributed by atoms with Gasteiger partial charge in [-0.05, 0) is 19.9 Å². The van der Waals surface area contributed by atoms with Gasteiger partial charge in [0.15, 0.2) is 17.3 Å². The molecule has 0 radical (unpaired) electrons. The summed E-state index contributed by atoms with van der Waals surface area (Å²) in [7, 11) is 1.83. The third-order valence-corrected chi connectivity index (χ3v) is 4.70. The number of morpholine rings is 1. The number of aromatic nitrogens is 3. The summed E-state index contributed by atoms with van der Waals surface area (Å²) in [4.78, 5) is 6.16. The number of aliphatic hydroxyl groups is 1. The quantitative estimate of drug-likeness (QED) is 0.773. The number of nitrogens with zero attached hydrogens (tertiary/aromatic N) is 4. The summed E-state index contributed by atoms with van der Waals surface area (Å²) < 4.78 is 28.2. The van der Waals surface area contributed by atoms with Gasteiger partial charge in [0.1, 0.15) is 0 Å². The Bertz CT molecular complexity index is 941. The summed E-state index contributed by atoms with van der Waals surface area (Å²) in [5.74, 6) is 0.0641. The lowest BCUT2D eigenvalue weighted by Crippen LogP contribution is -2.46. The number of rotatable bonds is 3. The number of aryl methyl sites for hydroxylation is 1. The van der Waals surface area contributed by atoms with E-state index in [1.165, 1.54) is 0 Å². The number of benzene rings is 1. The molecular formula is C18H21FN4O3. The second-order valence-corrected chi connectivity index (χ2v) is 6.79. The van der Waals surface area contributed by atoms with Gasteiger partial charge in [-0.2, -0.15) is 0 Å². The van der Waals surface area contributed by atoms with E-state index in [4.69, 9.17) is 9.26 Å². The van der Waals surface area contributed by atoms with Crippen LogP contribution in [0.15, 0.2) is 23.0 Å². The molecule has 1 aromatic carbocycles. The van der Waals surface area contributed by atoms with Gasteiger partial charge in [0, 0.05) is 38.1 Å². The average molecular weight is 360 g/mol. The zero-order valence-corrected chi connectivity index (χ0v) is 14.9. The van der Waals surface area contributed by atoms with Gasteiger partial charge in [0.2, 0.25) is 5.58 Å². The van der Waals surface area contributed by atoms with Crippen LogP contribution in [0.25, 0.3) is 22.5 Å². The van der Waals surface area contributed by atoms with Gasteiger partial charge in [-0.3, -0.25) is 0 Å². The number of halogens is 1.